The normalized spacial score (nSPS) is 13.8. The number of nitrogens with zero attached hydrogens (tertiary/aromatic N) is 3. The minimum atomic E-state index is -4.44. The second-order valence-corrected chi connectivity index (χ2v) is 9.96. The van der Waals surface area contributed by atoms with Crippen LogP contribution >= 0.6 is 0 Å². The monoisotopic (exact) mass is 559 g/mol. The van der Waals surface area contributed by atoms with Gasteiger partial charge in [0.2, 0.25) is 0 Å². The Hall–Kier alpha value is -3.66. The van der Waals surface area contributed by atoms with Gasteiger partial charge in [-0.05, 0) is 55.7 Å². The number of hydrogen-bond acceptors (Lipinski definition) is 5. The number of carbonyl (C=O) groups is 1. The van der Waals surface area contributed by atoms with Crippen molar-refractivity contribution in [3.63, 3.8) is 0 Å². The quantitative estimate of drug-likeness (QED) is 0.354. The lowest BCUT2D eigenvalue weighted by atomic mass is 10.1. The molecule has 4 rings (SSSR count). The van der Waals surface area contributed by atoms with Gasteiger partial charge in [0, 0.05) is 44.5 Å². The van der Waals surface area contributed by atoms with E-state index in [9.17, 15) is 18.0 Å². The molecule has 0 spiro atoms. The molecular weight excluding hydrogens is 523 g/mol. The van der Waals surface area contributed by atoms with Crippen molar-refractivity contribution in [3.8, 4) is 11.5 Å². The topological polar surface area (TPSA) is 56.2 Å². The van der Waals surface area contributed by atoms with E-state index < -0.39 is 11.7 Å². The number of likely N-dealkylation sites (N-methyl/N-ethyl adjacent to an activating group) is 1. The molecule has 0 aliphatic carbocycles. The van der Waals surface area contributed by atoms with Gasteiger partial charge in [-0.2, -0.15) is 13.2 Å². The maximum Gasteiger partial charge on any atom is 0.416 e. The first-order valence-electron chi connectivity index (χ1n) is 13.2. The lowest BCUT2D eigenvalue weighted by Gasteiger charge is -2.29. The van der Waals surface area contributed by atoms with Crippen molar-refractivity contribution >= 4 is 11.6 Å². The third-order valence-corrected chi connectivity index (χ3v) is 7.38. The zero-order chi connectivity index (χ0) is 29.0. The van der Waals surface area contributed by atoms with Gasteiger partial charge in [-0.15, -0.1) is 0 Å². The van der Waals surface area contributed by atoms with Crippen LogP contribution in [0.2, 0.25) is 0 Å². The molecule has 1 aromatic heterocycles. The maximum absolute atomic E-state index is 13.9. The van der Waals surface area contributed by atoms with Crippen molar-refractivity contribution in [2.75, 3.05) is 59.0 Å². The van der Waals surface area contributed by atoms with E-state index in [1.165, 1.54) is 6.07 Å². The van der Waals surface area contributed by atoms with Crippen molar-refractivity contribution in [2.24, 2.45) is 0 Å². The molecule has 7 nitrogen and oxygen atoms in total. The smallest absolute Gasteiger partial charge is 0.416 e. The number of rotatable bonds is 9. The van der Waals surface area contributed by atoms with E-state index in [-0.39, 0.29) is 12.5 Å². The molecule has 1 aliphatic heterocycles. The number of carbonyl (C=O) groups excluding carboxylic acids is 1. The summed E-state index contributed by atoms with van der Waals surface area (Å²) in [4.78, 5) is 17.8. The van der Waals surface area contributed by atoms with Crippen LogP contribution in [0.3, 0.4) is 0 Å². The van der Waals surface area contributed by atoms with Gasteiger partial charge in [0.1, 0.15) is 5.69 Å². The van der Waals surface area contributed by atoms with Gasteiger partial charge in [-0.25, -0.2) is 0 Å². The van der Waals surface area contributed by atoms with Crippen LogP contribution in [0, 0.1) is 13.8 Å². The summed E-state index contributed by atoms with van der Waals surface area (Å²) in [6.07, 6.45) is -3.86. The molecule has 2 heterocycles. The molecule has 0 unspecified atom stereocenters. The molecule has 1 fully saturated rings. The van der Waals surface area contributed by atoms with Crippen LogP contribution in [0.25, 0.3) is 0 Å². The summed E-state index contributed by atoms with van der Waals surface area (Å²) >= 11 is 0. The Morgan fingerprint density at radius 2 is 1.70 bits per heavy atom. The minimum absolute atomic E-state index is 0.144. The standard InChI is InChI=1S/C30H36F3N3O4/c1-20-27(35-13-15-40-16-14-35)21(2)36(19-23-7-6-8-24(17-23)30(31,32)33)28(20)29(37)34(3)12-11-22-9-10-25(38-4)26(18-22)39-5/h6-10,17-18H,11-16,19H2,1-5H3. The Morgan fingerprint density at radius 3 is 2.35 bits per heavy atom. The number of ether oxygens (including phenoxy) is 3. The molecule has 0 saturated carbocycles. The number of alkyl halides is 3. The number of aromatic nitrogens is 1. The summed E-state index contributed by atoms with van der Waals surface area (Å²) in [5.41, 5.74) is 3.82. The van der Waals surface area contributed by atoms with Gasteiger partial charge < -0.3 is 28.6 Å². The van der Waals surface area contributed by atoms with E-state index in [2.05, 4.69) is 4.90 Å². The average Bonchev–Trinajstić information content (AvgIpc) is 3.19. The fourth-order valence-corrected chi connectivity index (χ4v) is 5.25. The number of hydrogen-bond donors (Lipinski definition) is 0. The molecule has 40 heavy (non-hydrogen) atoms. The first-order valence-corrected chi connectivity index (χ1v) is 13.2. The first-order chi connectivity index (χ1) is 19.0. The van der Waals surface area contributed by atoms with E-state index in [1.807, 2.05) is 36.6 Å². The Bertz CT molecular complexity index is 1350. The molecular formula is C30H36F3N3O4. The molecule has 1 amide bonds. The van der Waals surface area contributed by atoms with Crippen LogP contribution in [0.1, 0.15) is 38.4 Å². The number of morpholine rings is 1. The van der Waals surface area contributed by atoms with E-state index >= 15 is 0 Å². The third-order valence-electron chi connectivity index (χ3n) is 7.38. The Morgan fingerprint density at radius 1 is 1.00 bits per heavy atom. The lowest BCUT2D eigenvalue weighted by molar-refractivity contribution is -0.137. The number of benzene rings is 2. The van der Waals surface area contributed by atoms with Crippen molar-refractivity contribution in [1.29, 1.82) is 0 Å². The molecule has 0 bridgehead atoms. The molecule has 216 valence electrons. The van der Waals surface area contributed by atoms with Crippen molar-refractivity contribution < 1.29 is 32.2 Å². The molecule has 1 saturated heterocycles. The summed E-state index contributed by atoms with van der Waals surface area (Å²) in [5.74, 6) is 1.06. The molecule has 0 N–H and O–H groups in total. The van der Waals surface area contributed by atoms with Crippen LogP contribution in [-0.4, -0.2) is 69.5 Å². The van der Waals surface area contributed by atoms with Crippen LogP contribution in [0.5, 0.6) is 11.5 Å². The summed E-state index contributed by atoms with van der Waals surface area (Å²) < 4.78 is 58.4. The number of anilines is 1. The maximum atomic E-state index is 13.9. The molecule has 1 aliphatic rings. The van der Waals surface area contributed by atoms with Crippen LogP contribution in [-0.2, 0) is 23.9 Å². The largest absolute Gasteiger partial charge is 0.493 e. The molecule has 0 radical (unpaired) electrons. The Labute approximate surface area is 233 Å². The summed E-state index contributed by atoms with van der Waals surface area (Å²) in [7, 11) is 4.90. The number of amides is 1. The van der Waals surface area contributed by atoms with Crippen LogP contribution in [0.15, 0.2) is 42.5 Å². The fraction of sp³-hybridized carbons (Fsp3) is 0.433. The van der Waals surface area contributed by atoms with E-state index in [4.69, 9.17) is 14.2 Å². The first kappa shape index (κ1) is 29.3. The zero-order valence-electron chi connectivity index (χ0n) is 23.6. The lowest BCUT2D eigenvalue weighted by Crippen LogP contribution is -2.36. The van der Waals surface area contributed by atoms with Gasteiger partial charge in [0.05, 0.1) is 38.7 Å². The van der Waals surface area contributed by atoms with Gasteiger partial charge in [-0.3, -0.25) is 4.79 Å². The van der Waals surface area contributed by atoms with E-state index in [0.717, 1.165) is 34.6 Å². The third kappa shape index (κ3) is 6.22. The van der Waals surface area contributed by atoms with Gasteiger partial charge in [-0.1, -0.05) is 18.2 Å². The van der Waals surface area contributed by atoms with Crippen molar-refractivity contribution in [1.82, 2.24) is 9.47 Å². The highest BCUT2D eigenvalue weighted by molar-refractivity contribution is 5.96. The Balaban J connectivity index is 1.65. The van der Waals surface area contributed by atoms with E-state index in [1.54, 1.807) is 32.2 Å². The predicted molar refractivity (Wildman–Crippen MR) is 148 cm³/mol. The molecule has 0 atom stereocenters. The highest BCUT2D eigenvalue weighted by Crippen LogP contribution is 2.34. The minimum Gasteiger partial charge on any atom is -0.493 e. The predicted octanol–water partition coefficient (Wildman–Crippen LogP) is 5.34. The van der Waals surface area contributed by atoms with Crippen molar-refractivity contribution in [3.05, 3.63) is 76.1 Å². The SMILES string of the molecule is COc1ccc(CCN(C)C(=O)c2c(C)c(N3CCOCC3)c(C)n2Cc2cccc(C(F)(F)F)c2)cc1OC. The van der Waals surface area contributed by atoms with Crippen LogP contribution in [0.4, 0.5) is 18.9 Å². The van der Waals surface area contributed by atoms with Gasteiger partial charge in [0.15, 0.2) is 11.5 Å². The highest BCUT2D eigenvalue weighted by Gasteiger charge is 2.31. The summed E-state index contributed by atoms with van der Waals surface area (Å²) in [6, 6.07) is 10.9. The second kappa shape index (κ2) is 12.2. The summed E-state index contributed by atoms with van der Waals surface area (Å²) in [6.45, 7) is 6.93. The second-order valence-electron chi connectivity index (χ2n) is 9.96. The fourth-order valence-electron chi connectivity index (χ4n) is 5.25. The van der Waals surface area contributed by atoms with Crippen LogP contribution < -0.4 is 14.4 Å². The van der Waals surface area contributed by atoms with Crippen molar-refractivity contribution in [2.45, 2.75) is 33.0 Å². The molecule has 10 heteroatoms. The molecule has 3 aromatic rings. The molecule has 2 aromatic carbocycles. The summed E-state index contributed by atoms with van der Waals surface area (Å²) in [5, 5.41) is 0. The number of halogens is 3. The zero-order valence-corrected chi connectivity index (χ0v) is 23.6. The van der Waals surface area contributed by atoms with Gasteiger partial charge in [0.25, 0.3) is 5.91 Å². The van der Waals surface area contributed by atoms with E-state index in [0.29, 0.717) is 62.0 Å². The number of methoxy groups -OCH3 is 2. The Kier molecular flexibility index (Phi) is 8.98. The average molecular weight is 560 g/mol. The highest BCUT2D eigenvalue weighted by atomic mass is 19.4. The van der Waals surface area contributed by atoms with Gasteiger partial charge >= 0.3 is 6.18 Å².